The first-order valence-corrected chi connectivity index (χ1v) is 5.89. The van der Waals surface area contributed by atoms with E-state index in [0.29, 0.717) is 12.1 Å². The number of hydrogen-bond acceptors (Lipinski definition) is 2. The van der Waals surface area contributed by atoms with Crippen LogP contribution in [0.5, 0.6) is 0 Å². The van der Waals surface area contributed by atoms with Crippen LogP contribution in [0.1, 0.15) is 24.2 Å². The largest absolute Gasteiger partial charge is 0.333 e. The van der Waals surface area contributed by atoms with Gasteiger partial charge in [-0.2, -0.15) is 0 Å². The Morgan fingerprint density at radius 2 is 2.17 bits per heavy atom. The van der Waals surface area contributed by atoms with Crippen LogP contribution in [0.4, 0.5) is 4.39 Å². The first-order valence-electron chi connectivity index (χ1n) is 5.89. The summed E-state index contributed by atoms with van der Waals surface area (Å²) in [7, 11) is 0. The zero-order valence-corrected chi connectivity index (χ0v) is 11.3. The first kappa shape index (κ1) is 14.9. The van der Waals surface area contributed by atoms with Crippen LogP contribution < -0.4 is 5.32 Å². The maximum Gasteiger partial charge on any atom is 0.254 e. The minimum absolute atomic E-state index is 0. The van der Waals surface area contributed by atoms with Gasteiger partial charge in [-0.1, -0.05) is 6.07 Å². The van der Waals surface area contributed by atoms with E-state index in [1.165, 1.54) is 12.1 Å². The molecule has 0 aliphatic carbocycles. The molecule has 2 rings (SSSR count). The molecule has 2 atom stereocenters. The van der Waals surface area contributed by atoms with Gasteiger partial charge in [-0.3, -0.25) is 4.79 Å². The first-order chi connectivity index (χ1) is 8.09. The van der Waals surface area contributed by atoms with Crippen molar-refractivity contribution in [2.45, 2.75) is 25.9 Å². The summed E-state index contributed by atoms with van der Waals surface area (Å²) in [5.74, 6) is -0.461. The molecular weight excluding hydrogens is 255 g/mol. The minimum Gasteiger partial charge on any atom is -0.333 e. The van der Waals surface area contributed by atoms with Gasteiger partial charge in [-0.25, -0.2) is 4.39 Å². The Labute approximate surface area is 113 Å². The quantitative estimate of drug-likeness (QED) is 0.849. The number of piperazine rings is 1. The number of carbonyl (C=O) groups is 1. The second kappa shape index (κ2) is 6.16. The van der Waals surface area contributed by atoms with Crippen molar-refractivity contribution in [3.05, 3.63) is 35.6 Å². The molecule has 1 aliphatic heterocycles. The van der Waals surface area contributed by atoms with Gasteiger partial charge in [0.2, 0.25) is 0 Å². The summed E-state index contributed by atoms with van der Waals surface area (Å²) in [4.78, 5) is 14.0. The van der Waals surface area contributed by atoms with Crippen LogP contribution in [-0.2, 0) is 0 Å². The van der Waals surface area contributed by atoms with E-state index in [4.69, 9.17) is 0 Å². The lowest BCUT2D eigenvalue weighted by Gasteiger charge is -2.38. The SMILES string of the molecule is CC1NCCN(C(=O)c2cccc(F)c2)C1C.Cl. The van der Waals surface area contributed by atoms with Gasteiger partial charge in [0.1, 0.15) is 5.82 Å². The number of halogens is 2. The third-order valence-electron chi connectivity index (χ3n) is 3.37. The number of rotatable bonds is 1. The number of carbonyl (C=O) groups excluding carboxylic acids is 1. The van der Waals surface area contributed by atoms with E-state index >= 15 is 0 Å². The van der Waals surface area contributed by atoms with Gasteiger partial charge in [0.25, 0.3) is 5.91 Å². The Morgan fingerprint density at radius 3 is 2.83 bits per heavy atom. The van der Waals surface area contributed by atoms with Gasteiger partial charge in [0.15, 0.2) is 0 Å². The normalized spacial score (nSPS) is 23.4. The fraction of sp³-hybridized carbons (Fsp3) is 0.462. The summed E-state index contributed by atoms with van der Waals surface area (Å²) in [6.45, 7) is 5.51. The number of amides is 1. The molecule has 0 saturated carbocycles. The lowest BCUT2D eigenvalue weighted by Crippen LogP contribution is -2.57. The Bertz CT molecular complexity index is 427. The number of nitrogens with one attached hydrogen (secondary N) is 1. The fourth-order valence-corrected chi connectivity index (χ4v) is 2.13. The van der Waals surface area contributed by atoms with E-state index in [-0.39, 0.29) is 36.2 Å². The molecule has 0 spiro atoms. The highest BCUT2D eigenvalue weighted by atomic mass is 35.5. The number of hydrogen-bond donors (Lipinski definition) is 1. The Kier molecular flexibility index (Phi) is 5.11. The topological polar surface area (TPSA) is 32.3 Å². The highest BCUT2D eigenvalue weighted by Gasteiger charge is 2.28. The number of benzene rings is 1. The lowest BCUT2D eigenvalue weighted by molar-refractivity contribution is 0.0602. The van der Waals surface area contributed by atoms with E-state index in [0.717, 1.165) is 6.54 Å². The van der Waals surface area contributed by atoms with E-state index in [2.05, 4.69) is 12.2 Å². The molecule has 3 nitrogen and oxygen atoms in total. The molecule has 1 fully saturated rings. The molecule has 1 amide bonds. The zero-order valence-electron chi connectivity index (χ0n) is 10.5. The average Bonchev–Trinajstić information content (AvgIpc) is 2.32. The van der Waals surface area contributed by atoms with Crippen LogP contribution in [0.25, 0.3) is 0 Å². The van der Waals surface area contributed by atoms with Crippen LogP contribution in [-0.4, -0.2) is 36.0 Å². The zero-order chi connectivity index (χ0) is 12.4. The molecule has 1 aromatic rings. The third kappa shape index (κ3) is 3.00. The Morgan fingerprint density at radius 1 is 1.44 bits per heavy atom. The predicted octanol–water partition coefficient (Wildman–Crippen LogP) is 2.07. The number of nitrogens with zero attached hydrogens (tertiary/aromatic N) is 1. The van der Waals surface area contributed by atoms with E-state index in [1.54, 1.807) is 17.0 Å². The molecule has 0 bridgehead atoms. The lowest BCUT2D eigenvalue weighted by atomic mass is 10.1. The van der Waals surface area contributed by atoms with Crippen LogP contribution in [0.15, 0.2) is 24.3 Å². The maximum absolute atomic E-state index is 13.1. The second-order valence-electron chi connectivity index (χ2n) is 4.49. The standard InChI is InChI=1S/C13H17FN2O.ClH/c1-9-10(2)16(7-6-15-9)13(17)11-4-3-5-12(14)8-11;/h3-5,8-10,15H,6-7H2,1-2H3;1H. The molecule has 5 heteroatoms. The Balaban J connectivity index is 0.00000162. The van der Waals surface area contributed by atoms with Gasteiger partial charge in [-0.15, -0.1) is 12.4 Å². The van der Waals surface area contributed by atoms with E-state index in [1.807, 2.05) is 6.92 Å². The molecule has 1 N–H and O–H groups in total. The molecule has 100 valence electrons. The maximum atomic E-state index is 13.1. The van der Waals surface area contributed by atoms with Crippen molar-refractivity contribution in [1.82, 2.24) is 10.2 Å². The molecule has 1 aromatic carbocycles. The van der Waals surface area contributed by atoms with Crippen LogP contribution in [0, 0.1) is 5.82 Å². The van der Waals surface area contributed by atoms with Crippen LogP contribution >= 0.6 is 12.4 Å². The highest BCUT2D eigenvalue weighted by molar-refractivity contribution is 5.94. The van der Waals surface area contributed by atoms with Crippen LogP contribution in [0.3, 0.4) is 0 Å². The summed E-state index contributed by atoms with van der Waals surface area (Å²) in [5, 5.41) is 3.31. The van der Waals surface area contributed by atoms with Gasteiger partial charge in [0, 0.05) is 30.7 Å². The summed E-state index contributed by atoms with van der Waals surface area (Å²) in [6, 6.07) is 6.26. The predicted molar refractivity (Wildman–Crippen MR) is 71.6 cm³/mol. The Hall–Kier alpha value is -1.13. The molecular formula is C13H18ClFN2O. The monoisotopic (exact) mass is 272 g/mol. The molecule has 0 radical (unpaired) electrons. The molecule has 1 saturated heterocycles. The summed E-state index contributed by atoms with van der Waals surface area (Å²) >= 11 is 0. The van der Waals surface area contributed by atoms with Crippen LogP contribution in [0.2, 0.25) is 0 Å². The molecule has 18 heavy (non-hydrogen) atoms. The molecule has 2 unspecified atom stereocenters. The highest BCUT2D eigenvalue weighted by Crippen LogP contribution is 2.14. The van der Waals surface area contributed by atoms with Gasteiger partial charge >= 0.3 is 0 Å². The van der Waals surface area contributed by atoms with Gasteiger partial charge in [-0.05, 0) is 32.0 Å². The summed E-state index contributed by atoms with van der Waals surface area (Å²) in [5.41, 5.74) is 0.422. The van der Waals surface area contributed by atoms with Crippen molar-refractivity contribution in [2.24, 2.45) is 0 Å². The van der Waals surface area contributed by atoms with Crippen molar-refractivity contribution < 1.29 is 9.18 Å². The van der Waals surface area contributed by atoms with Gasteiger partial charge in [0.05, 0.1) is 0 Å². The second-order valence-corrected chi connectivity index (χ2v) is 4.49. The van der Waals surface area contributed by atoms with Gasteiger partial charge < -0.3 is 10.2 Å². The fourth-order valence-electron chi connectivity index (χ4n) is 2.13. The molecule has 1 heterocycles. The van der Waals surface area contributed by atoms with E-state index in [9.17, 15) is 9.18 Å². The smallest absolute Gasteiger partial charge is 0.254 e. The van der Waals surface area contributed by atoms with Crippen molar-refractivity contribution in [3.63, 3.8) is 0 Å². The average molecular weight is 273 g/mol. The van der Waals surface area contributed by atoms with Crippen molar-refractivity contribution >= 4 is 18.3 Å². The van der Waals surface area contributed by atoms with Crippen molar-refractivity contribution in [2.75, 3.05) is 13.1 Å². The van der Waals surface area contributed by atoms with E-state index < -0.39 is 0 Å². The third-order valence-corrected chi connectivity index (χ3v) is 3.37. The molecule has 0 aromatic heterocycles. The minimum atomic E-state index is -0.369. The molecule has 1 aliphatic rings. The summed E-state index contributed by atoms with van der Waals surface area (Å²) in [6.07, 6.45) is 0. The van der Waals surface area contributed by atoms with Crippen molar-refractivity contribution in [3.8, 4) is 0 Å². The summed E-state index contributed by atoms with van der Waals surface area (Å²) < 4.78 is 13.1. The van der Waals surface area contributed by atoms with Crippen molar-refractivity contribution in [1.29, 1.82) is 0 Å².